The number of ether oxygens (including phenoxy) is 2. The number of hydrogen-bond acceptors (Lipinski definition) is 5. The predicted molar refractivity (Wildman–Crippen MR) is 97.2 cm³/mol. The highest BCUT2D eigenvalue weighted by molar-refractivity contribution is 6.32. The lowest BCUT2D eigenvalue weighted by molar-refractivity contribution is 0.284. The lowest BCUT2D eigenvalue weighted by atomic mass is 10.1. The van der Waals surface area contributed by atoms with E-state index in [0.717, 1.165) is 11.1 Å². The monoisotopic (exact) mass is 358 g/mol. The number of hydrogen-bond donors (Lipinski definition) is 2. The molecule has 0 aliphatic heterocycles. The second kappa shape index (κ2) is 7.90. The van der Waals surface area contributed by atoms with E-state index in [9.17, 15) is 0 Å². The van der Waals surface area contributed by atoms with Crippen LogP contribution in [0.5, 0.6) is 11.5 Å². The molecule has 1 heterocycles. The molecule has 0 unspecified atom stereocenters. The van der Waals surface area contributed by atoms with E-state index < -0.39 is 0 Å². The number of aromatic amines is 1. The maximum atomic E-state index is 6.41. The summed E-state index contributed by atoms with van der Waals surface area (Å²) in [5.74, 6) is 1.72. The van der Waals surface area contributed by atoms with Gasteiger partial charge in [-0.15, -0.1) is 0 Å². The summed E-state index contributed by atoms with van der Waals surface area (Å²) in [6, 6.07) is 11.8. The van der Waals surface area contributed by atoms with E-state index in [-0.39, 0.29) is 0 Å². The summed E-state index contributed by atoms with van der Waals surface area (Å²) in [5, 5.41) is 10.2. The van der Waals surface area contributed by atoms with Crippen molar-refractivity contribution < 1.29 is 9.47 Å². The first-order valence-electron chi connectivity index (χ1n) is 7.80. The summed E-state index contributed by atoms with van der Waals surface area (Å²) in [6.07, 6.45) is 1.44. The van der Waals surface area contributed by atoms with Crippen LogP contribution in [-0.2, 0) is 13.2 Å². The van der Waals surface area contributed by atoms with Crippen molar-refractivity contribution in [1.82, 2.24) is 15.2 Å². The number of nitrogens with one attached hydrogen (secondary N) is 2. The Balaban J connectivity index is 1.74. The van der Waals surface area contributed by atoms with Crippen LogP contribution < -0.4 is 14.8 Å². The van der Waals surface area contributed by atoms with Crippen LogP contribution >= 0.6 is 11.6 Å². The van der Waals surface area contributed by atoms with Crippen molar-refractivity contribution in [1.29, 1.82) is 0 Å². The zero-order chi connectivity index (χ0) is 17.6. The molecule has 0 spiro atoms. The van der Waals surface area contributed by atoms with E-state index >= 15 is 0 Å². The molecule has 130 valence electrons. The summed E-state index contributed by atoms with van der Waals surface area (Å²) in [7, 11) is 1.60. The number of anilines is 1. The molecular formula is C18H19ClN4O2. The van der Waals surface area contributed by atoms with Crippen LogP contribution in [0.1, 0.15) is 16.7 Å². The molecule has 3 rings (SSSR count). The maximum Gasteiger partial charge on any atom is 0.218 e. The fourth-order valence-electron chi connectivity index (χ4n) is 2.41. The van der Waals surface area contributed by atoms with Crippen molar-refractivity contribution in [2.24, 2.45) is 0 Å². The number of nitrogens with zero attached hydrogens (tertiary/aromatic N) is 2. The lowest BCUT2D eigenvalue weighted by Crippen LogP contribution is -2.04. The highest BCUT2D eigenvalue weighted by Crippen LogP contribution is 2.37. The summed E-state index contributed by atoms with van der Waals surface area (Å²) < 4.78 is 11.4. The second-order valence-electron chi connectivity index (χ2n) is 5.51. The predicted octanol–water partition coefficient (Wildman–Crippen LogP) is 3.97. The highest BCUT2D eigenvalue weighted by Gasteiger charge is 2.13. The third kappa shape index (κ3) is 4.22. The zero-order valence-electron chi connectivity index (χ0n) is 14.0. The Kier molecular flexibility index (Phi) is 5.40. The quantitative estimate of drug-likeness (QED) is 0.668. The molecule has 2 aromatic carbocycles. The minimum absolute atomic E-state index is 0.429. The van der Waals surface area contributed by atoms with E-state index in [4.69, 9.17) is 21.1 Å². The fraction of sp³-hybridized carbons (Fsp3) is 0.222. The van der Waals surface area contributed by atoms with Gasteiger partial charge in [-0.1, -0.05) is 35.9 Å². The van der Waals surface area contributed by atoms with Gasteiger partial charge in [0.2, 0.25) is 5.95 Å². The molecule has 0 radical (unpaired) electrons. The Morgan fingerprint density at radius 3 is 2.80 bits per heavy atom. The molecule has 6 nitrogen and oxygen atoms in total. The number of halogens is 1. The van der Waals surface area contributed by atoms with Gasteiger partial charge >= 0.3 is 0 Å². The smallest absolute Gasteiger partial charge is 0.218 e. The van der Waals surface area contributed by atoms with Crippen molar-refractivity contribution >= 4 is 17.5 Å². The van der Waals surface area contributed by atoms with E-state index in [2.05, 4.69) is 33.5 Å². The molecule has 0 bridgehead atoms. The Morgan fingerprint density at radius 2 is 2.08 bits per heavy atom. The minimum Gasteiger partial charge on any atom is -0.493 e. The van der Waals surface area contributed by atoms with E-state index in [0.29, 0.717) is 35.6 Å². The number of methoxy groups -OCH3 is 1. The average Bonchev–Trinajstić information content (AvgIpc) is 3.13. The largest absolute Gasteiger partial charge is 0.493 e. The van der Waals surface area contributed by atoms with Gasteiger partial charge < -0.3 is 14.8 Å². The normalized spacial score (nSPS) is 10.5. The Hall–Kier alpha value is -2.73. The first kappa shape index (κ1) is 17.1. The van der Waals surface area contributed by atoms with Crippen LogP contribution in [0.25, 0.3) is 0 Å². The first-order valence-corrected chi connectivity index (χ1v) is 8.18. The van der Waals surface area contributed by atoms with Crippen LogP contribution in [0.3, 0.4) is 0 Å². The van der Waals surface area contributed by atoms with Crippen molar-refractivity contribution in [2.45, 2.75) is 20.1 Å². The topological polar surface area (TPSA) is 72.1 Å². The van der Waals surface area contributed by atoms with Crippen LogP contribution in [0.2, 0.25) is 5.02 Å². The van der Waals surface area contributed by atoms with Crippen molar-refractivity contribution in [3.63, 3.8) is 0 Å². The molecule has 25 heavy (non-hydrogen) atoms. The molecular weight excluding hydrogens is 340 g/mol. The van der Waals surface area contributed by atoms with Crippen LogP contribution in [0.15, 0.2) is 42.7 Å². The highest BCUT2D eigenvalue weighted by atomic mass is 35.5. The fourth-order valence-corrected chi connectivity index (χ4v) is 2.70. The molecule has 1 aromatic heterocycles. The Labute approximate surface area is 151 Å². The SMILES string of the molecule is COc1cc(CNc2ncn[nH]2)cc(Cl)c1OCc1ccccc1C. The zero-order valence-corrected chi connectivity index (χ0v) is 14.8. The molecule has 0 fully saturated rings. The van der Waals surface area contributed by atoms with E-state index in [1.54, 1.807) is 7.11 Å². The number of rotatable bonds is 7. The third-order valence-corrected chi connectivity index (χ3v) is 4.08. The van der Waals surface area contributed by atoms with Gasteiger partial charge in [0.05, 0.1) is 12.1 Å². The van der Waals surface area contributed by atoms with Crippen molar-refractivity contribution in [3.8, 4) is 11.5 Å². The van der Waals surface area contributed by atoms with Crippen LogP contribution in [0, 0.1) is 6.92 Å². The second-order valence-corrected chi connectivity index (χ2v) is 5.92. The van der Waals surface area contributed by atoms with E-state index in [1.807, 2.05) is 30.3 Å². The summed E-state index contributed by atoms with van der Waals surface area (Å²) in [6.45, 7) is 3.01. The molecule has 0 aliphatic rings. The van der Waals surface area contributed by atoms with Gasteiger partial charge in [-0.3, -0.25) is 0 Å². The minimum atomic E-state index is 0.429. The van der Waals surface area contributed by atoms with Crippen LogP contribution in [0.4, 0.5) is 5.95 Å². The number of aromatic nitrogens is 3. The molecule has 7 heteroatoms. The van der Waals surface area contributed by atoms with Gasteiger partial charge in [-0.2, -0.15) is 5.10 Å². The van der Waals surface area contributed by atoms with Gasteiger partial charge in [-0.05, 0) is 35.7 Å². The molecule has 0 aliphatic carbocycles. The molecule has 0 amide bonds. The first-order chi connectivity index (χ1) is 12.2. The van der Waals surface area contributed by atoms with Crippen molar-refractivity contribution in [3.05, 3.63) is 64.4 Å². The number of H-pyrrole nitrogens is 1. The van der Waals surface area contributed by atoms with Crippen molar-refractivity contribution in [2.75, 3.05) is 12.4 Å². The molecule has 0 atom stereocenters. The maximum absolute atomic E-state index is 6.41. The Morgan fingerprint density at radius 1 is 1.24 bits per heavy atom. The van der Waals surface area contributed by atoms with Gasteiger partial charge in [0.25, 0.3) is 0 Å². The molecule has 0 saturated carbocycles. The molecule has 0 saturated heterocycles. The number of benzene rings is 2. The van der Waals surface area contributed by atoms with Gasteiger partial charge in [0.1, 0.15) is 12.9 Å². The van der Waals surface area contributed by atoms with Gasteiger partial charge in [-0.25, -0.2) is 10.1 Å². The van der Waals surface area contributed by atoms with E-state index in [1.165, 1.54) is 11.9 Å². The van der Waals surface area contributed by atoms with Crippen LogP contribution in [-0.4, -0.2) is 22.3 Å². The molecule has 2 N–H and O–H groups in total. The molecule has 3 aromatic rings. The third-order valence-electron chi connectivity index (χ3n) is 3.80. The van der Waals surface area contributed by atoms with Gasteiger partial charge in [0.15, 0.2) is 11.5 Å². The standard InChI is InChI=1S/C18H19ClN4O2/c1-12-5-3-4-6-14(12)10-25-17-15(19)7-13(8-16(17)24-2)9-20-18-21-11-22-23-18/h3-8,11H,9-10H2,1-2H3,(H2,20,21,22,23). The van der Waals surface area contributed by atoms with Gasteiger partial charge in [0, 0.05) is 6.54 Å². The summed E-state index contributed by atoms with van der Waals surface area (Å²) in [4.78, 5) is 4.02. The lowest BCUT2D eigenvalue weighted by Gasteiger charge is -2.15. The summed E-state index contributed by atoms with van der Waals surface area (Å²) in [5.41, 5.74) is 3.23. The number of aryl methyl sites for hydroxylation is 1. The Bertz CT molecular complexity index is 837. The average molecular weight is 359 g/mol. The summed E-state index contributed by atoms with van der Waals surface area (Å²) >= 11 is 6.41.